The molecule has 2 unspecified atom stereocenters. The Labute approximate surface area is 213 Å². The van der Waals surface area contributed by atoms with Crippen molar-refractivity contribution in [1.29, 1.82) is 0 Å². The molecule has 12 heteroatoms. The van der Waals surface area contributed by atoms with Gasteiger partial charge in [-0.15, -0.1) is 5.10 Å². The summed E-state index contributed by atoms with van der Waals surface area (Å²) >= 11 is 6.16. The molecule has 2 aromatic carbocycles. The van der Waals surface area contributed by atoms with Gasteiger partial charge in [0.1, 0.15) is 16.5 Å². The van der Waals surface area contributed by atoms with Crippen molar-refractivity contribution < 1.29 is 27.1 Å². The van der Waals surface area contributed by atoms with Crippen LogP contribution in [0.15, 0.2) is 45.0 Å². The highest BCUT2D eigenvalue weighted by atomic mass is 35.5. The van der Waals surface area contributed by atoms with Gasteiger partial charge in [0, 0.05) is 23.6 Å². The minimum Gasteiger partial charge on any atom is -0.495 e. The Morgan fingerprint density at radius 3 is 2.61 bits per heavy atom. The number of halogens is 2. The molecular weight excluding hydrogens is 513 g/mol. The van der Waals surface area contributed by atoms with Crippen molar-refractivity contribution in [2.75, 3.05) is 7.11 Å². The van der Waals surface area contributed by atoms with E-state index in [1.807, 2.05) is 6.92 Å². The number of H-pyrrole nitrogens is 1. The van der Waals surface area contributed by atoms with E-state index in [0.717, 1.165) is 5.56 Å². The number of hydrogen-bond acceptors (Lipinski definition) is 7. The van der Waals surface area contributed by atoms with Crippen LogP contribution >= 0.6 is 11.6 Å². The largest absolute Gasteiger partial charge is 0.495 e. The van der Waals surface area contributed by atoms with Crippen molar-refractivity contribution >= 4 is 27.2 Å². The maximum Gasteiger partial charge on any atom is 0.434 e. The summed E-state index contributed by atoms with van der Waals surface area (Å²) < 4.78 is 54.4. The van der Waals surface area contributed by atoms with Crippen LogP contribution in [0.3, 0.4) is 0 Å². The average Bonchev–Trinajstić information content (AvgIpc) is 3.19. The lowest BCUT2D eigenvalue weighted by Gasteiger charge is -2.22. The molecule has 0 fully saturated rings. The summed E-state index contributed by atoms with van der Waals surface area (Å²) in [7, 11) is -3.02. The van der Waals surface area contributed by atoms with Gasteiger partial charge in [-0.1, -0.05) is 24.2 Å². The zero-order valence-electron chi connectivity index (χ0n) is 20.2. The molecule has 3 aromatic rings. The van der Waals surface area contributed by atoms with Crippen molar-refractivity contribution in [3.05, 3.63) is 80.4 Å². The molecule has 0 saturated heterocycles. The minimum absolute atomic E-state index is 0.0316. The fourth-order valence-electron chi connectivity index (χ4n) is 3.98. The summed E-state index contributed by atoms with van der Waals surface area (Å²) in [6.07, 6.45) is -1.28. The lowest BCUT2D eigenvalue weighted by Crippen LogP contribution is -2.37. The van der Waals surface area contributed by atoms with E-state index >= 15 is 0 Å². The maximum absolute atomic E-state index is 14.7. The SMILES string of the molecule is C=C(CC(Cc1n[nH]c(=O)o1)NS(=O)(=O)c1ccc(Cl)c(C(C)O)c1OC)c1c(F)ccc(C)c1C. The highest BCUT2D eigenvalue weighted by molar-refractivity contribution is 7.89. The number of hydrogen-bond donors (Lipinski definition) is 3. The van der Waals surface area contributed by atoms with E-state index in [9.17, 15) is 22.7 Å². The predicted molar refractivity (Wildman–Crippen MR) is 133 cm³/mol. The van der Waals surface area contributed by atoms with Crippen molar-refractivity contribution in [3.8, 4) is 5.75 Å². The molecule has 9 nitrogen and oxygen atoms in total. The number of aryl methyl sites for hydroxylation is 1. The summed E-state index contributed by atoms with van der Waals surface area (Å²) in [5, 5.41) is 16.1. The second-order valence-electron chi connectivity index (χ2n) is 8.37. The number of aromatic nitrogens is 2. The topological polar surface area (TPSA) is 135 Å². The highest BCUT2D eigenvalue weighted by Crippen LogP contribution is 2.38. The zero-order chi connectivity index (χ0) is 26.8. The number of ether oxygens (including phenoxy) is 1. The lowest BCUT2D eigenvalue weighted by atomic mass is 9.93. The van der Waals surface area contributed by atoms with Gasteiger partial charge >= 0.3 is 5.76 Å². The molecule has 0 bridgehead atoms. The third kappa shape index (κ3) is 5.86. The second kappa shape index (κ2) is 11.0. The van der Waals surface area contributed by atoms with E-state index < -0.39 is 33.7 Å². The molecule has 0 saturated carbocycles. The first-order valence-corrected chi connectivity index (χ1v) is 12.8. The normalized spacial score (nSPS) is 13.4. The molecule has 194 valence electrons. The van der Waals surface area contributed by atoms with E-state index in [2.05, 4.69) is 21.5 Å². The minimum atomic E-state index is -4.28. The van der Waals surface area contributed by atoms with Crippen LogP contribution in [0.4, 0.5) is 4.39 Å². The Hall–Kier alpha value is -2.99. The fraction of sp³-hybridized carbons (Fsp3) is 0.333. The van der Waals surface area contributed by atoms with E-state index in [1.54, 1.807) is 13.0 Å². The molecular formula is C24H27ClFN3O6S. The number of methoxy groups -OCH3 is 1. The van der Waals surface area contributed by atoms with Crippen LogP contribution < -0.4 is 15.2 Å². The van der Waals surface area contributed by atoms with Gasteiger partial charge in [-0.05, 0) is 62.1 Å². The van der Waals surface area contributed by atoms with Crippen LogP contribution in [0.5, 0.6) is 5.75 Å². The standard InChI is InChI=1S/C24H27ClFN3O6S/c1-12-6-8-18(26)21(14(12)3)13(2)10-16(11-20-27-28-24(31)35-20)29-36(32,33)19-9-7-17(25)22(15(4)30)23(19)34-5/h6-9,15-16,29-30H,2,10-11H2,1,3-5H3,(H,28,31). The maximum atomic E-state index is 14.7. The molecule has 3 rings (SSSR count). The molecule has 0 amide bonds. The average molecular weight is 540 g/mol. The number of sulfonamides is 1. The molecule has 2 atom stereocenters. The highest BCUT2D eigenvalue weighted by Gasteiger charge is 2.29. The van der Waals surface area contributed by atoms with Gasteiger partial charge in [0.05, 0.1) is 18.2 Å². The molecule has 1 heterocycles. The second-order valence-corrected chi connectivity index (χ2v) is 10.5. The van der Waals surface area contributed by atoms with Gasteiger partial charge in [-0.3, -0.25) is 0 Å². The summed E-state index contributed by atoms with van der Waals surface area (Å²) in [5.41, 5.74) is 2.25. The van der Waals surface area contributed by atoms with E-state index in [4.69, 9.17) is 20.8 Å². The predicted octanol–water partition coefficient (Wildman–Crippen LogP) is 3.83. The number of aliphatic hydroxyl groups excluding tert-OH is 1. The van der Waals surface area contributed by atoms with Gasteiger partial charge in [0.15, 0.2) is 0 Å². The Balaban J connectivity index is 2.02. The van der Waals surface area contributed by atoms with Gasteiger partial charge < -0.3 is 14.3 Å². The lowest BCUT2D eigenvalue weighted by molar-refractivity contribution is 0.193. The van der Waals surface area contributed by atoms with Crippen molar-refractivity contribution in [1.82, 2.24) is 14.9 Å². The monoisotopic (exact) mass is 539 g/mol. The molecule has 1 aromatic heterocycles. The molecule has 0 aliphatic rings. The first-order valence-electron chi connectivity index (χ1n) is 10.9. The van der Waals surface area contributed by atoms with Crippen molar-refractivity contribution in [2.45, 2.75) is 50.7 Å². The Kier molecular flexibility index (Phi) is 8.40. The molecule has 36 heavy (non-hydrogen) atoms. The van der Waals surface area contributed by atoms with Crippen molar-refractivity contribution in [2.24, 2.45) is 0 Å². The van der Waals surface area contributed by atoms with Crippen LogP contribution in [0.25, 0.3) is 5.57 Å². The first-order chi connectivity index (χ1) is 16.9. The van der Waals surface area contributed by atoms with E-state index in [1.165, 1.54) is 32.2 Å². The van der Waals surface area contributed by atoms with Crippen LogP contribution in [0.2, 0.25) is 5.02 Å². The zero-order valence-corrected chi connectivity index (χ0v) is 21.8. The molecule has 3 N–H and O–H groups in total. The van der Waals surface area contributed by atoms with Crippen LogP contribution in [0.1, 0.15) is 47.6 Å². The quantitative estimate of drug-likeness (QED) is 0.356. The van der Waals surface area contributed by atoms with E-state index in [0.29, 0.717) is 11.1 Å². The summed E-state index contributed by atoms with van der Waals surface area (Å²) in [4.78, 5) is 11.2. The Morgan fingerprint density at radius 1 is 1.33 bits per heavy atom. The third-order valence-corrected chi connectivity index (χ3v) is 7.65. The van der Waals surface area contributed by atoms with Gasteiger partial charge in [-0.25, -0.2) is 27.4 Å². The van der Waals surface area contributed by atoms with Crippen LogP contribution in [-0.4, -0.2) is 36.9 Å². The first kappa shape index (κ1) is 27.6. The van der Waals surface area contributed by atoms with Gasteiger partial charge in [0.2, 0.25) is 15.9 Å². The fourth-order valence-corrected chi connectivity index (χ4v) is 5.70. The van der Waals surface area contributed by atoms with Gasteiger partial charge in [0.25, 0.3) is 0 Å². The summed E-state index contributed by atoms with van der Waals surface area (Å²) in [6.45, 7) is 9.00. The smallest absolute Gasteiger partial charge is 0.434 e. The molecule has 0 aliphatic carbocycles. The number of benzene rings is 2. The van der Waals surface area contributed by atoms with E-state index in [-0.39, 0.29) is 45.5 Å². The van der Waals surface area contributed by atoms with Gasteiger partial charge in [-0.2, -0.15) is 0 Å². The summed E-state index contributed by atoms with van der Waals surface area (Å²) in [6, 6.07) is 4.62. The number of aliphatic hydroxyl groups is 1. The third-order valence-electron chi connectivity index (χ3n) is 5.77. The van der Waals surface area contributed by atoms with Crippen LogP contribution in [-0.2, 0) is 16.4 Å². The molecule has 0 spiro atoms. The van der Waals surface area contributed by atoms with Crippen LogP contribution in [0, 0.1) is 19.7 Å². The number of rotatable bonds is 10. The number of aromatic amines is 1. The Morgan fingerprint density at radius 2 is 2.03 bits per heavy atom. The van der Waals surface area contributed by atoms with Crippen molar-refractivity contribution in [3.63, 3.8) is 0 Å². The molecule has 0 aliphatic heterocycles. The molecule has 0 radical (unpaired) electrons. The number of nitrogens with one attached hydrogen (secondary N) is 2. The Bertz CT molecular complexity index is 1450. The number of nitrogens with zero attached hydrogens (tertiary/aromatic N) is 1. The summed E-state index contributed by atoms with van der Waals surface area (Å²) in [5.74, 6) is -1.45.